The molecule has 1 aliphatic heterocycles. The molecule has 1 aliphatic rings. The number of likely N-dealkylation sites (N-methyl/N-ethyl adjacent to an activating group) is 1. The first-order valence-corrected chi connectivity index (χ1v) is 13.4. The van der Waals surface area contributed by atoms with Crippen LogP contribution in [0.5, 0.6) is 0 Å². The zero-order chi connectivity index (χ0) is 30.7. The molecule has 0 unspecified atom stereocenters. The Bertz CT molecular complexity index is 1380. The molecule has 3 aromatic rings. The first kappa shape index (κ1) is 31.4. The van der Waals surface area contributed by atoms with E-state index in [4.69, 9.17) is 4.84 Å². The van der Waals surface area contributed by atoms with Gasteiger partial charge in [-0.05, 0) is 57.3 Å². The summed E-state index contributed by atoms with van der Waals surface area (Å²) in [7, 11) is 3.83. The topological polar surface area (TPSA) is 64.2 Å². The molecule has 0 saturated carbocycles. The molecule has 228 valence electrons. The van der Waals surface area contributed by atoms with E-state index in [0.29, 0.717) is 57.1 Å². The minimum absolute atomic E-state index is 0.0286. The molecule has 0 aliphatic carbocycles. The predicted octanol–water partition coefficient (Wildman–Crippen LogP) is 5.53. The van der Waals surface area contributed by atoms with Crippen molar-refractivity contribution in [2.24, 2.45) is 5.16 Å². The Morgan fingerprint density at radius 1 is 1.05 bits per heavy atom. The number of nitrogens with zero attached hydrogens (tertiary/aromatic N) is 4. The first-order chi connectivity index (χ1) is 19.7. The number of para-hydroxylation sites is 1. The number of hydrogen-bond acceptors (Lipinski definition) is 5. The number of hydrogen-bond donors (Lipinski definition) is 1. The second-order valence-electron chi connectivity index (χ2n) is 10.7. The van der Waals surface area contributed by atoms with Gasteiger partial charge in [0.05, 0.1) is 16.8 Å². The third kappa shape index (κ3) is 7.82. The molecular weight excluding hydrogens is 564 g/mol. The quantitative estimate of drug-likeness (QED) is 0.153. The number of nitrogens with one attached hydrogen (secondary N) is 1. The lowest BCUT2D eigenvalue weighted by molar-refractivity contribution is -0.143. The number of aromatic amines is 1. The minimum atomic E-state index is -5.05. The van der Waals surface area contributed by atoms with Crippen LogP contribution in [0.1, 0.15) is 34.0 Å². The normalized spacial score (nSPS) is 17.3. The second-order valence-corrected chi connectivity index (χ2v) is 10.7. The summed E-state index contributed by atoms with van der Waals surface area (Å²) < 4.78 is 81.1. The van der Waals surface area contributed by atoms with E-state index in [1.807, 2.05) is 61.3 Å². The average molecular weight is 598 g/mol. The van der Waals surface area contributed by atoms with Gasteiger partial charge in [-0.15, -0.1) is 0 Å². The van der Waals surface area contributed by atoms with E-state index in [2.05, 4.69) is 10.1 Å². The molecule has 0 spiro atoms. The van der Waals surface area contributed by atoms with Gasteiger partial charge < -0.3 is 19.6 Å². The fourth-order valence-electron chi connectivity index (χ4n) is 5.04. The van der Waals surface area contributed by atoms with Crippen LogP contribution in [-0.2, 0) is 23.6 Å². The van der Waals surface area contributed by atoms with Gasteiger partial charge in [0.1, 0.15) is 6.61 Å². The van der Waals surface area contributed by atoms with Gasteiger partial charge in [-0.1, -0.05) is 23.4 Å². The smallest absolute Gasteiger partial charge is 0.394 e. The first-order valence-electron chi connectivity index (χ1n) is 13.4. The van der Waals surface area contributed by atoms with Crippen LogP contribution < -0.4 is 0 Å². The van der Waals surface area contributed by atoms with Crippen LogP contribution in [0.25, 0.3) is 10.9 Å². The van der Waals surface area contributed by atoms with E-state index in [1.165, 1.54) is 4.90 Å². The van der Waals surface area contributed by atoms with Crippen molar-refractivity contribution in [1.29, 1.82) is 0 Å². The number of halogens is 6. The summed E-state index contributed by atoms with van der Waals surface area (Å²) >= 11 is 0. The number of H-pyrrole nitrogens is 1. The molecule has 1 aromatic heterocycles. The molecule has 1 fully saturated rings. The number of carbonyl (C=O) groups is 1. The van der Waals surface area contributed by atoms with E-state index >= 15 is 0 Å². The van der Waals surface area contributed by atoms with Crippen LogP contribution in [-0.4, -0.2) is 90.8 Å². The molecule has 1 amide bonds. The lowest BCUT2D eigenvalue weighted by Gasteiger charge is -2.41. The zero-order valence-corrected chi connectivity index (χ0v) is 23.5. The Kier molecular flexibility index (Phi) is 9.51. The van der Waals surface area contributed by atoms with E-state index in [0.717, 1.165) is 16.5 Å². The van der Waals surface area contributed by atoms with Crippen molar-refractivity contribution in [2.75, 3.05) is 53.4 Å². The van der Waals surface area contributed by atoms with Crippen molar-refractivity contribution >= 4 is 22.5 Å². The van der Waals surface area contributed by atoms with Crippen LogP contribution in [0, 0.1) is 0 Å². The molecule has 42 heavy (non-hydrogen) atoms. The van der Waals surface area contributed by atoms with E-state index in [-0.39, 0.29) is 12.6 Å². The molecule has 1 saturated heterocycles. The number of piperazine rings is 1. The average Bonchev–Trinajstić information content (AvgIpc) is 3.32. The van der Waals surface area contributed by atoms with Gasteiger partial charge in [-0.3, -0.25) is 9.69 Å². The lowest BCUT2D eigenvalue weighted by Crippen LogP contribution is -2.56. The summed E-state index contributed by atoms with van der Waals surface area (Å²) in [5, 5.41) is 5.07. The molecule has 2 heterocycles. The van der Waals surface area contributed by atoms with Crippen molar-refractivity contribution in [2.45, 2.75) is 31.7 Å². The summed E-state index contributed by atoms with van der Waals surface area (Å²) in [5.41, 5.74) is -1.23. The van der Waals surface area contributed by atoms with Crippen LogP contribution in [0.15, 0.2) is 53.8 Å². The molecule has 7 nitrogen and oxygen atoms in total. The largest absolute Gasteiger partial charge is 0.416 e. The molecule has 4 rings (SSSR count). The molecule has 13 heteroatoms. The highest BCUT2D eigenvalue weighted by Gasteiger charge is 2.39. The number of amides is 1. The van der Waals surface area contributed by atoms with Crippen molar-refractivity contribution < 1.29 is 36.0 Å². The summed E-state index contributed by atoms with van der Waals surface area (Å²) in [5.74, 6) is -0.881. The third-order valence-electron chi connectivity index (χ3n) is 7.10. The maximum Gasteiger partial charge on any atom is 0.416 e. The Labute approximate surface area is 239 Å². The van der Waals surface area contributed by atoms with Gasteiger partial charge in [-0.2, -0.15) is 26.3 Å². The van der Waals surface area contributed by atoms with Crippen LogP contribution in [0.2, 0.25) is 0 Å². The molecule has 1 atom stereocenters. The van der Waals surface area contributed by atoms with Crippen LogP contribution >= 0.6 is 0 Å². The van der Waals surface area contributed by atoms with Gasteiger partial charge in [0.2, 0.25) is 0 Å². The Morgan fingerprint density at radius 3 is 2.36 bits per heavy atom. The van der Waals surface area contributed by atoms with Gasteiger partial charge in [0, 0.05) is 61.4 Å². The van der Waals surface area contributed by atoms with Crippen molar-refractivity contribution in [3.05, 3.63) is 70.9 Å². The molecule has 0 radical (unpaired) electrons. The summed E-state index contributed by atoms with van der Waals surface area (Å²) in [4.78, 5) is 27.6. The number of aromatic nitrogens is 1. The highest BCUT2D eigenvalue weighted by atomic mass is 19.4. The van der Waals surface area contributed by atoms with Crippen molar-refractivity contribution in [3.63, 3.8) is 0 Å². The van der Waals surface area contributed by atoms with Gasteiger partial charge >= 0.3 is 12.4 Å². The molecule has 2 aromatic carbocycles. The number of oxime groups is 1. The van der Waals surface area contributed by atoms with E-state index in [1.54, 1.807) is 0 Å². The standard InChI is InChI=1S/C29H33F6N5O2/c1-19(37-42-11-10-38(2)3)17-39-8-9-40(24(18-39)14-21-16-36-26-7-5-4-6-25(21)26)27(41)20-12-22(28(30,31)32)15-23(13-20)29(33,34)35/h4-7,12-13,15-16,24,36H,8-11,14,17-18H2,1-3H3/t24-/m1/s1. The Hall–Kier alpha value is -3.58. The highest BCUT2D eigenvalue weighted by molar-refractivity contribution is 5.95. The minimum Gasteiger partial charge on any atom is -0.394 e. The molecule has 1 N–H and O–H groups in total. The molecule has 0 bridgehead atoms. The SMILES string of the molecule is CC(CN1CCN(C(=O)c2cc(C(F)(F)F)cc(C(F)(F)F)c2)[C@H](Cc2c[nH]c3ccccc23)C1)=NOCCN(C)C. The number of benzene rings is 2. The van der Waals surface area contributed by atoms with Crippen molar-refractivity contribution in [3.8, 4) is 0 Å². The Morgan fingerprint density at radius 2 is 1.71 bits per heavy atom. The predicted molar refractivity (Wildman–Crippen MR) is 147 cm³/mol. The maximum absolute atomic E-state index is 13.6. The van der Waals surface area contributed by atoms with Crippen LogP contribution in [0.4, 0.5) is 26.3 Å². The summed E-state index contributed by atoms with van der Waals surface area (Å²) in [6.45, 7) is 4.13. The van der Waals surface area contributed by atoms with Gasteiger partial charge in [0.25, 0.3) is 5.91 Å². The number of alkyl halides is 6. The van der Waals surface area contributed by atoms with Gasteiger partial charge in [-0.25, -0.2) is 0 Å². The number of fused-ring (bicyclic) bond motifs is 1. The fourth-order valence-corrected chi connectivity index (χ4v) is 5.04. The number of rotatable bonds is 9. The third-order valence-corrected chi connectivity index (χ3v) is 7.10. The summed E-state index contributed by atoms with van der Waals surface area (Å²) in [6, 6.07) is 8.04. The van der Waals surface area contributed by atoms with E-state index in [9.17, 15) is 31.1 Å². The van der Waals surface area contributed by atoms with Gasteiger partial charge in [0.15, 0.2) is 0 Å². The number of carbonyl (C=O) groups excluding carboxylic acids is 1. The second kappa shape index (κ2) is 12.7. The summed E-state index contributed by atoms with van der Waals surface area (Å²) in [6.07, 6.45) is -7.95. The van der Waals surface area contributed by atoms with Crippen molar-refractivity contribution in [1.82, 2.24) is 19.7 Å². The maximum atomic E-state index is 13.6. The monoisotopic (exact) mass is 597 g/mol. The van der Waals surface area contributed by atoms with Crippen LogP contribution in [0.3, 0.4) is 0 Å². The fraction of sp³-hybridized carbons (Fsp3) is 0.448. The Balaban J connectivity index is 1.61. The molecular formula is C29H33F6N5O2. The lowest BCUT2D eigenvalue weighted by atomic mass is 9.98. The van der Waals surface area contributed by atoms with E-state index < -0.39 is 41.0 Å². The highest BCUT2D eigenvalue weighted by Crippen LogP contribution is 2.37. The zero-order valence-electron chi connectivity index (χ0n) is 23.5.